The largest absolute Gasteiger partial charge is 0.377 e. The molecule has 8 nitrogen and oxygen atoms in total. The van der Waals surface area contributed by atoms with Gasteiger partial charge in [-0.15, -0.1) is 0 Å². The summed E-state index contributed by atoms with van der Waals surface area (Å²) in [6.45, 7) is -0.308. The van der Waals surface area contributed by atoms with Gasteiger partial charge >= 0.3 is 0 Å². The van der Waals surface area contributed by atoms with Crippen molar-refractivity contribution in [3.05, 3.63) is 33.9 Å². The number of Topliss-reactive ketones (excluding diaryl/α,β-unsaturated/α-hetero) is 1. The van der Waals surface area contributed by atoms with Crippen LogP contribution in [0.5, 0.6) is 0 Å². The van der Waals surface area contributed by atoms with Crippen LogP contribution < -0.4 is 4.90 Å². The lowest BCUT2D eigenvalue weighted by atomic mass is 9.88. The van der Waals surface area contributed by atoms with Gasteiger partial charge in [0.05, 0.1) is 22.2 Å². The Labute approximate surface area is 157 Å². The second-order valence-electron chi connectivity index (χ2n) is 6.69. The number of hydrogen-bond acceptors (Lipinski definition) is 6. The molecule has 0 radical (unpaired) electrons. The van der Waals surface area contributed by atoms with E-state index in [2.05, 4.69) is 0 Å². The molecule has 1 aliphatic rings. The van der Waals surface area contributed by atoms with E-state index in [9.17, 15) is 25.0 Å². The van der Waals surface area contributed by atoms with Gasteiger partial charge in [0, 0.05) is 26.1 Å². The molecule has 1 saturated carbocycles. The normalized spacial score (nSPS) is 15.6. The summed E-state index contributed by atoms with van der Waals surface area (Å²) in [5, 5.41) is 20.8. The van der Waals surface area contributed by atoms with E-state index >= 15 is 0 Å². The van der Waals surface area contributed by atoms with Crippen molar-refractivity contribution in [3.8, 4) is 6.07 Å². The Bertz CT molecular complexity index is 765. The maximum atomic E-state index is 12.7. The van der Waals surface area contributed by atoms with E-state index in [0.29, 0.717) is 5.69 Å². The molecule has 27 heavy (non-hydrogen) atoms. The first-order chi connectivity index (χ1) is 12.9. The second-order valence-corrected chi connectivity index (χ2v) is 6.69. The number of carbonyl (C=O) groups is 2. The molecule has 0 bridgehead atoms. The van der Waals surface area contributed by atoms with Crippen LogP contribution in [0.2, 0.25) is 0 Å². The zero-order chi connectivity index (χ0) is 20.0. The second kappa shape index (κ2) is 9.24. The van der Waals surface area contributed by atoms with E-state index in [1.807, 2.05) is 0 Å². The lowest BCUT2D eigenvalue weighted by molar-refractivity contribution is -0.385. The van der Waals surface area contributed by atoms with Gasteiger partial charge in [-0.3, -0.25) is 19.7 Å². The standard InChI is InChI=1S/C19H23N3O5/c1-21(19(24)13-6-4-3-5-7-13)14-8-9-15(17(10-14)22(25)26)16(11-20)18(23)12-27-2/h8-10,13,16H,3-7,12H2,1-2H3. The van der Waals surface area contributed by atoms with Crippen molar-refractivity contribution in [1.29, 1.82) is 5.26 Å². The SMILES string of the molecule is COCC(=O)C(C#N)c1ccc(N(C)C(=O)C2CCCCC2)cc1[N+](=O)[O-]. The fraction of sp³-hybridized carbons (Fsp3) is 0.526. The molecule has 1 fully saturated rings. The fourth-order valence-corrected chi connectivity index (χ4v) is 3.43. The Balaban J connectivity index is 2.34. The molecule has 1 unspecified atom stereocenters. The Kier molecular flexibility index (Phi) is 7.02. The number of nitro groups is 1. The summed E-state index contributed by atoms with van der Waals surface area (Å²) in [7, 11) is 2.91. The molecule has 0 aromatic heterocycles. The highest BCUT2D eigenvalue weighted by atomic mass is 16.6. The van der Waals surface area contributed by atoms with Crippen LogP contribution in [-0.2, 0) is 14.3 Å². The average Bonchev–Trinajstić information content (AvgIpc) is 2.68. The molecule has 0 aliphatic heterocycles. The van der Waals surface area contributed by atoms with Crippen LogP contribution in [0.25, 0.3) is 0 Å². The number of ether oxygens (including phenoxy) is 1. The summed E-state index contributed by atoms with van der Waals surface area (Å²) in [5.74, 6) is -1.98. The zero-order valence-electron chi connectivity index (χ0n) is 15.5. The van der Waals surface area contributed by atoms with Gasteiger partial charge in [-0.05, 0) is 25.0 Å². The Morgan fingerprint density at radius 2 is 2.04 bits per heavy atom. The van der Waals surface area contributed by atoms with Gasteiger partial charge in [0.25, 0.3) is 5.69 Å². The van der Waals surface area contributed by atoms with Crippen LogP contribution in [0.3, 0.4) is 0 Å². The number of nitrogens with zero attached hydrogens (tertiary/aromatic N) is 3. The van der Waals surface area contributed by atoms with Gasteiger partial charge in [-0.25, -0.2) is 0 Å². The summed E-state index contributed by atoms with van der Waals surface area (Å²) < 4.78 is 4.75. The number of benzene rings is 1. The molecule has 144 valence electrons. The summed E-state index contributed by atoms with van der Waals surface area (Å²) in [5.41, 5.74) is 0.0236. The van der Waals surface area contributed by atoms with E-state index in [-0.39, 0.29) is 29.7 Å². The maximum absolute atomic E-state index is 12.7. The molecule has 0 spiro atoms. The van der Waals surface area contributed by atoms with Crippen molar-refractivity contribution in [3.63, 3.8) is 0 Å². The van der Waals surface area contributed by atoms with Gasteiger partial charge in [0.1, 0.15) is 12.5 Å². The predicted molar refractivity (Wildman–Crippen MR) is 98.3 cm³/mol. The van der Waals surface area contributed by atoms with Crippen LogP contribution >= 0.6 is 0 Å². The molecule has 1 atom stereocenters. The minimum Gasteiger partial charge on any atom is -0.377 e. The van der Waals surface area contributed by atoms with Crippen molar-refractivity contribution in [2.24, 2.45) is 5.92 Å². The minimum atomic E-state index is -1.29. The highest BCUT2D eigenvalue weighted by Gasteiger charge is 2.30. The predicted octanol–water partition coefficient (Wildman–Crippen LogP) is 2.96. The lowest BCUT2D eigenvalue weighted by Crippen LogP contribution is -2.34. The van der Waals surface area contributed by atoms with Gasteiger partial charge in [-0.1, -0.05) is 19.3 Å². The van der Waals surface area contributed by atoms with Crippen LogP contribution in [0.1, 0.15) is 43.6 Å². The molecule has 0 heterocycles. The van der Waals surface area contributed by atoms with Crippen molar-refractivity contribution >= 4 is 23.1 Å². The highest BCUT2D eigenvalue weighted by molar-refractivity contribution is 5.95. The van der Waals surface area contributed by atoms with E-state index in [4.69, 9.17) is 4.74 Å². The molecular formula is C19H23N3O5. The summed E-state index contributed by atoms with van der Waals surface area (Å²) in [6, 6.07) is 5.97. The number of carbonyl (C=O) groups excluding carboxylic acids is 2. The quantitative estimate of drug-likeness (QED) is 0.536. The molecule has 1 amide bonds. The third kappa shape index (κ3) is 4.68. The third-order valence-electron chi connectivity index (χ3n) is 4.93. The van der Waals surface area contributed by atoms with Crippen molar-refractivity contribution < 1.29 is 19.2 Å². The van der Waals surface area contributed by atoms with Gasteiger partial charge in [0.2, 0.25) is 5.91 Å². The average molecular weight is 373 g/mol. The number of rotatable bonds is 7. The van der Waals surface area contributed by atoms with Crippen molar-refractivity contribution in [2.75, 3.05) is 25.7 Å². The molecule has 1 aromatic rings. The van der Waals surface area contributed by atoms with Crippen LogP contribution in [0, 0.1) is 27.4 Å². The molecular weight excluding hydrogens is 350 g/mol. The zero-order valence-corrected chi connectivity index (χ0v) is 15.5. The summed E-state index contributed by atoms with van der Waals surface area (Å²) >= 11 is 0. The van der Waals surface area contributed by atoms with Gasteiger partial charge in [-0.2, -0.15) is 5.26 Å². The summed E-state index contributed by atoms with van der Waals surface area (Å²) in [6.07, 6.45) is 4.79. The van der Waals surface area contributed by atoms with Gasteiger partial charge in [0.15, 0.2) is 5.78 Å². The first-order valence-electron chi connectivity index (χ1n) is 8.87. The highest BCUT2D eigenvalue weighted by Crippen LogP contribution is 2.33. The Morgan fingerprint density at radius 3 is 2.59 bits per heavy atom. The van der Waals surface area contributed by atoms with Crippen LogP contribution in [-0.4, -0.2) is 37.4 Å². The van der Waals surface area contributed by atoms with E-state index in [1.54, 1.807) is 13.1 Å². The number of nitro benzene ring substituents is 1. The smallest absolute Gasteiger partial charge is 0.276 e. The molecule has 0 N–H and O–H groups in total. The number of ketones is 1. The van der Waals surface area contributed by atoms with Gasteiger partial charge < -0.3 is 9.64 Å². The summed E-state index contributed by atoms with van der Waals surface area (Å²) in [4.78, 5) is 37.0. The fourth-order valence-electron chi connectivity index (χ4n) is 3.43. The van der Waals surface area contributed by atoms with Crippen molar-refractivity contribution in [1.82, 2.24) is 0 Å². The number of hydrogen-bond donors (Lipinski definition) is 0. The molecule has 1 aromatic carbocycles. The number of methoxy groups -OCH3 is 1. The van der Waals surface area contributed by atoms with E-state index in [0.717, 1.165) is 32.1 Å². The lowest BCUT2D eigenvalue weighted by Gasteiger charge is -2.26. The minimum absolute atomic E-state index is 0.00631. The molecule has 1 aliphatic carbocycles. The maximum Gasteiger partial charge on any atom is 0.276 e. The van der Waals surface area contributed by atoms with E-state index in [1.165, 1.54) is 30.2 Å². The first-order valence-corrected chi connectivity index (χ1v) is 8.87. The molecule has 2 rings (SSSR count). The van der Waals surface area contributed by atoms with Crippen LogP contribution in [0.15, 0.2) is 18.2 Å². The Morgan fingerprint density at radius 1 is 1.37 bits per heavy atom. The number of amides is 1. The van der Waals surface area contributed by atoms with E-state index < -0.39 is 16.6 Å². The van der Waals surface area contributed by atoms with Crippen LogP contribution in [0.4, 0.5) is 11.4 Å². The number of anilines is 1. The topological polar surface area (TPSA) is 114 Å². The molecule has 8 heteroatoms. The third-order valence-corrected chi connectivity index (χ3v) is 4.93. The van der Waals surface area contributed by atoms with Crippen molar-refractivity contribution in [2.45, 2.75) is 38.0 Å². The Hall–Kier alpha value is -2.79. The number of nitriles is 1. The monoisotopic (exact) mass is 373 g/mol. The molecule has 0 saturated heterocycles. The first kappa shape index (κ1) is 20.5.